The van der Waals surface area contributed by atoms with Crippen LogP contribution in [0, 0.1) is 11.3 Å². The number of ether oxygens (including phenoxy) is 3. The minimum absolute atomic E-state index is 0.259. The molecule has 0 saturated heterocycles. The SMILES string of the molecule is COc1ccc(CNc2ncnc3c2[nH]c(=O)n3CCOc2ccc(C#N)cc2)c(OC)c1. The van der Waals surface area contributed by atoms with E-state index in [0.29, 0.717) is 52.9 Å². The summed E-state index contributed by atoms with van der Waals surface area (Å²) in [6.07, 6.45) is 1.40. The lowest BCUT2D eigenvalue weighted by molar-refractivity contribution is 0.298. The summed E-state index contributed by atoms with van der Waals surface area (Å²) in [5.41, 5.74) is 2.14. The van der Waals surface area contributed by atoms with E-state index in [1.54, 1.807) is 44.6 Å². The average molecular weight is 446 g/mol. The van der Waals surface area contributed by atoms with Crippen LogP contribution >= 0.6 is 0 Å². The molecule has 168 valence electrons. The Kier molecular flexibility index (Phi) is 6.40. The predicted octanol–water partition coefficient (Wildman–Crippen LogP) is 2.70. The van der Waals surface area contributed by atoms with Gasteiger partial charge in [-0.1, -0.05) is 0 Å². The Labute approximate surface area is 189 Å². The highest BCUT2D eigenvalue weighted by Crippen LogP contribution is 2.26. The van der Waals surface area contributed by atoms with Crippen LogP contribution in [-0.4, -0.2) is 40.3 Å². The molecule has 0 aliphatic rings. The molecule has 0 fully saturated rings. The van der Waals surface area contributed by atoms with Gasteiger partial charge in [-0.15, -0.1) is 0 Å². The molecule has 0 aliphatic carbocycles. The van der Waals surface area contributed by atoms with Crippen molar-refractivity contribution in [1.82, 2.24) is 19.5 Å². The standard InChI is InChI=1S/C23H22N6O4/c1-31-18-8-5-16(19(11-18)32-2)13-25-21-20-22(27-14-26-21)29(23(30)28-20)9-10-33-17-6-3-15(12-24)4-7-17/h3-8,11,14H,9-10,13H2,1-2H3,(H,28,30)(H,25,26,27). The van der Waals surface area contributed by atoms with Crippen molar-refractivity contribution in [3.63, 3.8) is 0 Å². The van der Waals surface area contributed by atoms with Gasteiger partial charge in [0.2, 0.25) is 0 Å². The van der Waals surface area contributed by atoms with Gasteiger partial charge in [0.15, 0.2) is 11.5 Å². The minimum atomic E-state index is -0.306. The number of rotatable bonds is 9. The number of anilines is 1. The van der Waals surface area contributed by atoms with Gasteiger partial charge < -0.3 is 24.5 Å². The monoisotopic (exact) mass is 446 g/mol. The van der Waals surface area contributed by atoms with Gasteiger partial charge >= 0.3 is 5.69 Å². The number of hydrogen-bond acceptors (Lipinski definition) is 8. The molecular formula is C23H22N6O4. The molecule has 2 aromatic carbocycles. The molecule has 0 aliphatic heterocycles. The lowest BCUT2D eigenvalue weighted by Crippen LogP contribution is -2.20. The van der Waals surface area contributed by atoms with Crippen molar-refractivity contribution in [2.75, 3.05) is 26.1 Å². The molecule has 0 atom stereocenters. The molecule has 0 bridgehead atoms. The maximum absolute atomic E-state index is 12.5. The summed E-state index contributed by atoms with van der Waals surface area (Å²) >= 11 is 0. The van der Waals surface area contributed by atoms with E-state index < -0.39 is 0 Å². The first kappa shape index (κ1) is 21.7. The number of benzene rings is 2. The number of H-pyrrole nitrogens is 1. The van der Waals surface area contributed by atoms with Crippen LogP contribution < -0.4 is 25.2 Å². The fourth-order valence-corrected chi connectivity index (χ4v) is 3.37. The molecule has 2 heterocycles. The number of hydrogen-bond donors (Lipinski definition) is 2. The Balaban J connectivity index is 1.48. The predicted molar refractivity (Wildman–Crippen MR) is 122 cm³/mol. The zero-order valence-corrected chi connectivity index (χ0v) is 18.2. The summed E-state index contributed by atoms with van der Waals surface area (Å²) in [6.45, 7) is 0.977. The first-order valence-corrected chi connectivity index (χ1v) is 10.1. The van der Waals surface area contributed by atoms with Crippen molar-refractivity contribution in [3.05, 3.63) is 70.4 Å². The second-order valence-corrected chi connectivity index (χ2v) is 7.02. The molecule has 2 N–H and O–H groups in total. The molecule has 10 heteroatoms. The number of nitrogens with zero attached hydrogens (tertiary/aromatic N) is 4. The molecule has 0 unspecified atom stereocenters. The number of nitriles is 1. The van der Waals surface area contributed by atoms with Crippen molar-refractivity contribution in [2.45, 2.75) is 13.1 Å². The van der Waals surface area contributed by atoms with Crippen LogP contribution in [0.1, 0.15) is 11.1 Å². The Morgan fingerprint density at radius 1 is 1.09 bits per heavy atom. The van der Waals surface area contributed by atoms with E-state index in [2.05, 4.69) is 26.3 Å². The zero-order valence-electron chi connectivity index (χ0n) is 18.2. The van der Waals surface area contributed by atoms with E-state index in [9.17, 15) is 4.79 Å². The third-order valence-corrected chi connectivity index (χ3v) is 5.07. The molecular weight excluding hydrogens is 424 g/mol. The van der Waals surface area contributed by atoms with Crippen LogP contribution in [0.4, 0.5) is 5.82 Å². The van der Waals surface area contributed by atoms with Gasteiger partial charge in [-0.05, 0) is 36.4 Å². The lowest BCUT2D eigenvalue weighted by Gasteiger charge is -2.12. The van der Waals surface area contributed by atoms with E-state index in [0.717, 1.165) is 5.56 Å². The summed E-state index contributed by atoms with van der Waals surface area (Å²) in [5, 5.41) is 12.1. The van der Waals surface area contributed by atoms with Crippen LogP contribution in [0.25, 0.3) is 11.2 Å². The molecule has 4 rings (SSSR count). The zero-order chi connectivity index (χ0) is 23.2. The third kappa shape index (κ3) is 4.72. The van der Waals surface area contributed by atoms with Gasteiger partial charge in [-0.2, -0.15) is 5.26 Å². The molecule has 0 amide bonds. The van der Waals surface area contributed by atoms with E-state index in [4.69, 9.17) is 19.5 Å². The summed E-state index contributed by atoms with van der Waals surface area (Å²) < 4.78 is 17.9. The minimum Gasteiger partial charge on any atom is -0.497 e. The molecule has 4 aromatic rings. The lowest BCUT2D eigenvalue weighted by atomic mass is 10.2. The second-order valence-electron chi connectivity index (χ2n) is 7.02. The van der Waals surface area contributed by atoms with Crippen LogP contribution in [0.15, 0.2) is 53.6 Å². The number of imidazole rings is 1. The first-order valence-electron chi connectivity index (χ1n) is 10.1. The summed E-state index contributed by atoms with van der Waals surface area (Å²) in [5.74, 6) is 2.50. The first-order chi connectivity index (χ1) is 16.1. The van der Waals surface area contributed by atoms with E-state index in [1.807, 2.05) is 12.1 Å². The number of fused-ring (bicyclic) bond motifs is 1. The molecule has 10 nitrogen and oxygen atoms in total. The average Bonchev–Trinajstić information content (AvgIpc) is 3.18. The van der Waals surface area contributed by atoms with Crippen LogP contribution in [0.3, 0.4) is 0 Å². The van der Waals surface area contributed by atoms with Crippen molar-refractivity contribution in [3.8, 4) is 23.3 Å². The van der Waals surface area contributed by atoms with Crippen LogP contribution in [-0.2, 0) is 13.1 Å². The number of nitrogens with one attached hydrogen (secondary N) is 2. The van der Waals surface area contributed by atoms with Crippen molar-refractivity contribution < 1.29 is 14.2 Å². The fourth-order valence-electron chi connectivity index (χ4n) is 3.37. The van der Waals surface area contributed by atoms with Crippen LogP contribution in [0.2, 0.25) is 0 Å². The normalized spacial score (nSPS) is 10.6. The maximum atomic E-state index is 12.5. The van der Waals surface area contributed by atoms with Gasteiger partial charge in [0.05, 0.1) is 32.4 Å². The summed E-state index contributed by atoms with van der Waals surface area (Å²) in [6, 6.07) is 14.4. The van der Waals surface area contributed by atoms with Crippen molar-refractivity contribution in [1.29, 1.82) is 5.26 Å². The molecule has 0 spiro atoms. The Morgan fingerprint density at radius 2 is 1.88 bits per heavy atom. The molecule has 2 aromatic heterocycles. The Morgan fingerprint density at radius 3 is 2.61 bits per heavy atom. The largest absolute Gasteiger partial charge is 0.497 e. The second kappa shape index (κ2) is 9.74. The van der Waals surface area contributed by atoms with Gasteiger partial charge in [0.25, 0.3) is 0 Å². The number of methoxy groups -OCH3 is 2. The smallest absolute Gasteiger partial charge is 0.327 e. The van der Waals surface area contributed by atoms with Crippen molar-refractivity contribution >= 4 is 17.0 Å². The van der Waals surface area contributed by atoms with E-state index in [1.165, 1.54) is 10.9 Å². The molecule has 0 saturated carbocycles. The fraction of sp³-hybridized carbons (Fsp3) is 0.217. The maximum Gasteiger partial charge on any atom is 0.327 e. The highest BCUT2D eigenvalue weighted by atomic mass is 16.5. The topological polar surface area (TPSA) is 127 Å². The van der Waals surface area contributed by atoms with Gasteiger partial charge in [-0.25, -0.2) is 14.8 Å². The highest BCUT2D eigenvalue weighted by molar-refractivity contribution is 5.82. The highest BCUT2D eigenvalue weighted by Gasteiger charge is 2.14. The van der Waals surface area contributed by atoms with Crippen LogP contribution in [0.5, 0.6) is 17.2 Å². The van der Waals surface area contributed by atoms with Gasteiger partial charge in [-0.3, -0.25) is 4.57 Å². The van der Waals surface area contributed by atoms with Crippen molar-refractivity contribution in [2.24, 2.45) is 0 Å². The number of aromatic nitrogens is 4. The number of aromatic amines is 1. The molecule has 33 heavy (non-hydrogen) atoms. The van der Waals surface area contributed by atoms with Gasteiger partial charge in [0, 0.05) is 18.2 Å². The third-order valence-electron chi connectivity index (χ3n) is 5.07. The summed E-state index contributed by atoms with van der Waals surface area (Å²) in [4.78, 5) is 23.9. The Bertz CT molecular complexity index is 1350. The van der Waals surface area contributed by atoms with Gasteiger partial charge in [0.1, 0.15) is 35.7 Å². The molecule has 0 radical (unpaired) electrons. The summed E-state index contributed by atoms with van der Waals surface area (Å²) in [7, 11) is 3.19. The Hall–Kier alpha value is -4.52. The van der Waals surface area contributed by atoms with E-state index in [-0.39, 0.29) is 12.3 Å². The van der Waals surface area contributed by atoms with E-state index >= 15 is 0 Å². The quantitative estimate of drug-likeness (QED) is 0.402.